The number of aryl methyl sites for hydroxylation is 1. The number of nitrogens with one attached hydrogen (secondary N) is 2. The molecule has 8 heteroatoms. The van der Waals surface area contributed by atoms with Crippen LogP contribution in [-0.4, -0.2) is 20.7 Å². The molecule has 0 unspecified atom stereocenters. The van der Waals surface area contributed by atoms with E-state index in [-0.39, 0.29) is 5.91 Å². The molecule has 1 amide bonds. The van der Waals surface area contributed by atoms with Crippen molar-refractivity contribution < 1.29 is 9.21 Å². The van der Waals surface area contributed by atoms with Crippen LogP contribution in [0.3, 0.4) is 0 Å². The lowest BCUT2D eigenvalue weighted by atomic mass is 10.1. The number of carbonyl (C=O) groups is 1. The average molecular weight is 413 g/mol. The van der Waals surface area contributed by atoms with Crippen LogP contribution in [0.15, 0.2) is 62.2 Å². The largest absolute Gasteiger partial charge is 0.419 e. The number of amides is 1. The van der Waals surface area contributed by atoms with E-state index in [1.807, 2.05) is 24.3 Å². The van der Waals surface area contributed by atoms with Gasteiger partial charge in [0.05, 0.1) is 11.2 Å². The van der Waals surface area contributed by atoms with E-state index in [0.717, 1.165) is 10.0 Å². The topological polar surface area (TPSA) is 92.9 Å². The zero-order valence-corrected chi connectivity index (χ0v) is 15.2. The number of benzene rings is 2. The van der Waals surface area contributed by atoms with Gasteiger partial charge >= 0.3 is 5.76 Å². The molecule has 0 fully saturated rings. The summed E-state index contributed by atoms with van der Waals surface area (Å²) in [5, 5.41) is 9.71. The number of hydrogen-bond acceptors (Lipinski definition) is 4. The van der Waals surface area contributed by atoms with Crippen molar-refractivity contribution in [2.24, 2.45) is 7.05 Å². The molecule has 0 bridgehead atoms. The minimum atomic E-state index is -0.448. The Labute approximate surface area is 155 Å². The quantitative estimate of drug-likeness (QED) is 0.538. The van der Waals surface area contributed by atoms with Crippen molar-refractivity contribution in [2.75, 3.05) is 5.32 Å². The van der Waals surface area contributed by atoms with E-state index in [1.54, 1.807) is 31.3 Å². The van der Waals surface area contributed by atoms with Crippen LogP contribution in [0.1, 0.15) is 10.5 Å². The van der Waals surface area contributed by atoms with Crippen LogP contribution < -0.4 is 11.1 Å². The summed E-state index contributed by atoms with van der Waals surface area (Å²) >= 11 is 3.39. The molecule has 0 aliphatic heterocycles. The molecule has 0 atom stereocenters. The normalized spacial score (nSPS) is 11.0. The van der Waals surface area contributed by atoms with Gasteiger partial charge in [0.1, 0.15) is 5.69 Å². The van der Waals surface area contributed by atoms with E-state index in [9.17, 15) is 9.59 Å². The van der Waals surface area contributed by atoms with Crippen LogP contribution in [-0.2, 0) is 7.05 Å². The second-order valence-corrected chi connectivity index (χ2v) is 6.65. The Balaban J connectivity index is 1.58. The maximum Gasteiger partial charge on any atom is 0.419 e. The van der Waals surface area contributed by atoms with E-state index in [0.29, 0.717) is 28.2 Å². The molecule has 2 aromatic carbocycles. The Hall–Kier alpha value is -3.13. The minimum absolute atomic E-state index is 0.325. The van der Waals surface area contributed by atoms with Gasteiger partial charge in [0.15, 0.2) is 5.58 Å². The summed E-state index contributed by atoms with van der Waals surface area (Å²) in [4.78, 5) is 24.0. The number of nitrogens with zero attached hydrogens (tertiary/aromatic N) is 2. The predicted octanol–water partition coefficient (Wildman–Crippen LogP) is 3.54. The van der Waals surface area contributed by atoms with Crippen molar-refractivity contribution in [3.8, 4) is 11.3 Å². The van der Waals surface area contributed by atoms with Crippen molar-refractivity contribution in [2.45, 2.75) is 0 Å². The van der Waals surface area contributed by atoms with E-state index < -0.39 is 5.76 Å². The Bertz CT molecular complexity index is 1170. The number of fused-ring (bicyclic) bond motifs is 1. The third-order valence-corrected chi connectivity index (χ3v) is 4.54. The molecule has 2 heterocycles. The summed E-state index contributed by atoms with van der Waals surface area (Å²) in [5.74, 6) is -0.773. The van der Waals surface area contributed by atoms with Crippen LogP contribution in [0.5, 0.6) is 0 Å². The lowest BCUT2D eigenvalue weighted by Crippen LogP contribution is -2.12. The van der Waals surface area contributed by atoms with Gasteiger partial charge in [-0.1, -0.05) is 28.1 Å². The summed E-state index contributed by atoms with van der Waals surface area (Å²) < 4.78 is 7.43. The van der Waals surface area contributed by atoms with E-state index in [1.165, 1.54) is 4.57 Å². The van der Waals surface area contributed by atoms with Crippen LogP contribution in [0.4, 0.5) is 5.69 Å². The van der Waals surface area contributed by atoms with Crippen molar-refractivity contribution >= 4 is 38.6 Å². The molecule has 7 nitrogen and oxygen atoms in total. The smallest absolute Gasteiger partial charge is 0.408 e. The number of anilines is 1. The Morgan fingerprint density at radius 2 is 1.96 bits per heavy atom. The van der Waals surface area contributed by atoms with Crippen LogP contribution in [0.25, 0.3) is 22.4 Å². The van der Waals surface area contributed by atoms with Crippen LogP contribution in [0, 0.1) is 0 Å². The number of oxazole rings is 1. The highest BCUT2D eigenvalue weighted by atomic mass is 79.9. The highest BCUT2D eigenvalue weighted by Gasteiger charge is 2.13. The second kappa shape index (κ2) is 6.30. The number of H-pyrrole nitrogens is 1. The van der Waals surface area contributed by atoms with E-state index in [4.69, 9.17) is 4.42 Å². The van der Waals surface area contributed by atoms with Gasteiger partial charge in [-0.2, -0.15) is 5.10 Å². The lowest BCUT2D eigenvalue weighted by Gasteiger charge is -2.03. The Kier molecular flexibility index (Phi) is 3.96. The van der Waals surface area contributed by atoms with E-state index in [2.05, 4.69) is 31.4 Å². The zero-order chi connectivity index (χ0) is 18.3. The predicted molar refractivity (Wildman–Crippen MR) is 101 cm³/mol. The third kappa shape index (κ3) is 2.95. The molecular weight excluding hydrogens is 400 g/mol. The number of hydrogen-bond donors (Lipinski definition) is 2. The standard InChI is InChI=1S/C18H13BrN4O3/c1-23-15-8-12(6-7-16(15)26-18(23)25)20-17(24)14-9-13(21-22-14)10-2-4-11(19)5-3-10/h2-9H,1H3,(H,20,24)(H,21,22). The first-order valence-corrected chi connectivity index (χ1v) is 8.53. The van der Waals surface area contributed by atoms with Gasteiger partial charge in [-0.3, -0.25) is 14.5 Å². The maximum atomic E-state index is 12.5. The van der Waals surface area contributed by atoms with Crippen LogP contribution >= 0.6 is 15.9 Å². The molecule has 0 radical (unpaired) electrons. The first kappa shape index (κ1) is 16.3. The fraction of sp³-hybridized carbons (Fsp3) is 0.0556. The van der Waals surface area contributed by atoms with Gasteiger partial charge in [0.2, 0.25) is 0 Å². The average Bonchev–Trinajstić information content (AvgIpc) is 3.22. The van der Waals surface area contributed by atoms with Gasteiger partial charge in [-0.15, -0.1) is 0 Å². The minimum Gasteiger partial charge on any atom is -0.408 e. The maximum absolute atomic E-state index is 12.5. The van der Waals surface area contributed by atoms with Gasteiger partial charge in [0, 0.05) is 22.8 Å². The molecule has 0 spiro atoms. The molecule has 130 valence electrons. The van der Waals surface area contributed by atoms with Crippen LogP contribution in [0.2, 0.25) is 0 Å². The Morgan fingerprint density at radius 1 is 1.19 bits per heavy atom. The second-order valence-electron chi connectivity index (χ2n) is 5.74. The summed E-state index contributed by atoms with van der Waals surface area (Å²) in [6.07, 6.45) is 0. The summed E-state index contributed by atoms with van der Waals surface area (Å²) in [6.45, 7) is 0. The number of halogens is 1. The molecule has 4 rings (SSSR count). The first-order valence-electron chi connectivity index (χ1n) is 7.73. The third-order valence-electron chi connectivity index (χ3n) is 4.01. The van der Waals surface area contributed by atoms with Crippen molar-refractivity contribution in [3.05, 3.63) is 69.2 Å². The molecule has 26 heavy (non-hydrogen) atoms. The molecule has 2 N–H and O–H groups in total. The zero-order valence-electron chi connectivity index (χ0n) is 13.6. The van der Waals surface area contributed by atoms with Crippen molar-refractivity contribution in [1.29, 1.82) is 0 Å². The van der Waals surface area contributed by atoms with Gasteiger partial charge in [0.25, 0.3) is 5.91 Å². The number of rotatable bonds is 3. The van der Waals surface area contributed by atoms with Crippen molar-refractivity contribution in [3.63, 3.8) is 0 Å². The lowest BCUT2D eigenvalue weighted by molar-refractivity contribution is 0.102. The molecule has 0 saturated carbocycles. The highest BCUT2D eigenvalue weighted by Crippen LogP contribution is 2.22. The molecule has 0 aliphatic rings. The fourth-order valence-corrected chi connectivity index (χ4v) is 2.87. The summed E-state index contributed by atoms with van der Waals surface area (Å²) in [5.41, 5.74) is 3.54. The summed E-state index contributed by atoms with van der Waals surface area (Å²) in [6, 6.07) is 14.3. The molecule has 4 aromatic rings. The number of aromatic nitrogens is 3. The number of aromatic amines is 1. The summed E-state index contributed by atoms with van der Waals surface area (Å²) in [7, 11) is 1.61. The SMILES string of the molecule is Cn1c(=O)oc2ccc(NC(=O)c3cc(-c4ccc(Br)cc4)n[nH]3)cc21. The molecule has 0 aliphatic carbocycles. The molecule has 0 saturated heterocycles. The van der Waals surface area contributed by atoms with E-state index >= 15 is 0 Å². The molecular formula is C18H13BrN4O3. The van der Waals surface area contributed by atoms with Crippen molar-refractivity contribution in [1.82, 2.24) is 14.8 Å². The monoisotopic (exact) mass is 412 g/mol. The van der Waals surface area contributed by atoms with Gasteiger partial charge in [-0.05, 0) is 36.4 Å². The fourth-order valence-electron chi connectivity index (χ4n) is 2.61. The van der Waals surface area contributed by atoms with Gasteiger partial charge in [-0.25, -0.2) is 4.79 Å². The van der Waals surface area contributed by atoms with Gasteiger partial charge < -0.3 is 9.73 Å². The highest BCUT2D eigenvalue weighted by molar-refractivity contribution is 9.10. The first-order chi connectivity index (χ1) is 12.5. The molecule has 2 aromatic heterocycles. The Morgan fingerprint density at radius 3 is 2.73 bits per heavy atom. The number of carbonyl (C=O) groups excluding carboxylic acids is 1.